The lowest BCUT2D eigenvalue weighted by Gasteiger charge is -2.30. The van der Waals surface area contributed by atoms with Crippen molar-refractivity contribution in [2.24, 2.45) is 0 Å². The Balaban J connectivity index is 1.22. The topological polar surface area (TPSA) is 6.48 Å². The molecular weight excluding hydrogens is 901 g/mol. The van der Waals surface area contributed by atoms with Crippen LogP contribution in [0, 0.1) is 13.8 Å². The standard InChI is InChI=1S/C68H60N2Si2/c1-45-23-27-51(28-24-45)69(53-31-35-57(36-32-53)71(3,4)5)55-39-49-41-64(62-22-14-18-48-16-10-12-20-60(48)62)66-44-56(70(52-29-25-46(2)26-30-52)54-33-37-58(38-34-54)72(6,7)8)40-50-42-63(65(43-55)67(49)68(50)66)61-21-13-17-47-15-9-11-19-59(47)61/h9-44H,1-8H3. The molecular formula is C68H60N2Si2. The second-order valence-corrected chi connectivity index (χ2v) is 32.2. The zero-order valence-electron chi connectivity index (χ0n) is 42.7. The van der Waals surface area contributed by atoms with Gasteiger partial charge in [0.05, 0.1) is 16.1 Å². The van der Waals surface area contributed by atoms with Crippen molar-refractivity contribution < 1.29 is 0 Å². The molecule has 350 valence electrons. The molecule has 0 N–H and O–H groups in total. The molecule has 0 aliphatic carbocycles. The average molecular weight is 961 g/mol. The number of rotatable bonds is 10. The summed E-state index contributed by atoms with van der Waals surface area (Å²) in [6, 6.07) is 83.1. The molecule has 0 saturated heterocycles. The third-order valence-electron chi connectivity index (χ3n) is 15.0. The fraction of sp³-hybridized carbons (Fsp3) is 0.118. The zero-order chi connectivity index (χ0) is 49.5. The van der Waals surface area contributed by atoms with Gasteiger partial charge in [0.2, 0.25) is 0 Å². The highest BCUT2D eigenvalue weighted by Gasteiger charge is 2.26. The highest BCUT2D eigenvalue weighted by molar-refractivity contribution is 6.89. The summed E-state index contributed by atoms with van der Waals surface area (Å²) in [5.74, 6) is 0. The van der Waals surface area contributed by atoms with Crippen molar-refractivity contribution in [1.29, 1.82) is 0 Å². The van der Waals surface area contributed by atoms with Gasteiger partial charge in [-0.2, -0.15) is 0 Å². The van der Waals surface area contributed by atoms with Gasteiger partial charge in [-0.05, 0) is 175 Å². The van der Waals surface area contributed by atoms with Crippen molar-refractivity contribution in [3.8, 4) is 22.3 Å². The zero-order valence-corrected chi connectivity index (χ0v) is 44.7. The van der Waals surface area contributed by atoms with Crippen molar-refractivity contribution in [3.63, 3.8) is 0 Å². The van der Waals surface area contributed by atoms with Crippen molar-refractivity contribution in [2.75, 3.05) is 9.80 Å². The third kappa shape index (κ3) is 8.05. The second kappa shape index (κ2) is 17.5. The molecule has 0 aliphatic heterocycles. The number of benzene rings is 12. The first-order chi connectivity index (χ1) is 34.8. The van der Waals surface area contributed by atoms with Gasteiger partial charge in [-0.15, -0.1) is 0 Å². The Morgan fingerprint density at radius 2 is 0.597 bits per heavy atom. The van der Waals surface area contributed by atoms with E-state index in [4.69, 9.17) is 0 Å². The summed E-state index contributed by atoms with van der Waals surface area (Å²) in [5.41, 5.74) is 14.2. The largest absolute Gasteiger partial charge is 0.310 e. The van der Waals surface area contributed by atoms with Gasteiger partial charge in [0.25, 0.3) is 0 Å². The number of hydrogen-bond donors (Lipinski definition) is 0. The van der Waals surface area contributed by atoms with Crippen LogP contribution < -0.4 is 20.2 Å². The van der Waals surface area contributed by atoms with E-state index in [2.05, 4.69) is 281 Å². The Kier molecular flexibility index (Phi) is 11.0. The number of hydrogen-bond acceptors (Lipinski definition) is 2. The Bertz CT molecular complexity index is 3720. The number of fused-ring (bicyclic) bond motifs is 2. The van der Waals surface area contributed by atoms with Crippen molar-refractivity contribution in [2.45, 2.75) is 53.1 Å². The van der Waals surface area contributed by atoms with E-state index in [9.17, 15) is 0 Å². The molecule has 0 bridgehead atoms. The monoisotopic (exact) mass is 960 g/mol. The molecule has 0 radical (unpaired) electrons. The molecule has 0 unspecified atom stereocenters. The molecule has 0 aromatic heterocycles. The van der Waals surface area contributed by atoms with Gasteiger partial charge in [-0.25, -0.2) is 0 Å². The van der Waals surface area contributed by atoms with Crippen LogP contribution >= 0.6 is 0 Å². The molecule has 0 atom stereocenters. The summed E-state index contributed by atoms with van der Waals surface area (Å²) in [7, 11) is -3.09. The highest BCUT2D eigenvalue weighted by Crippen LogP contribution is 2.51. The normalized spacial score (nSPS) is 12.2. The number of nitrogens with zero attached hydrogens (tertiary/aromatic N) is 2. The maximum atomic E-state index is 2.51. The molecule has 12 aromatic carbocycles. The third-order valence-corrected chi connectivity index (χ3v) is 19.1. The lowest BCUT2D eigenvalue weighted by atomic mass is 9.83. The SMILES string of the molecule is Cc1ccc(N(c2ccc([Si](C)(C)C)cc2)c2cc3cc(-c4cccc5ccccc45)c4cc(N(c5ccc(C)cc5)c5ccc([Si](C)(C)C)cc5)cc5cc(-c6cccc7ccccc67)c(c2)c3c54)cc1. The first-order valence-electron chi connectivity index (χ1n) is 25.5. The maximum Gasteiger partial charge on any atom is 0.0775 e. The minimum absolute atomic E-state index is 1.13. The van der Waals surface area contributed by atoms with Gasteiger partial charge in [0.1, 0.15) is 0 Å². The van der Waals surface area contributed by atoms with E-state index >= 15 is 0 Å². The lowest BCUT2D eigenvalue weighted by Crippen LogP contribution is -2.37. The van der Waals surface area contributed by atoms with Crippen molar-refractivity contribution in [1.82, 2.24) is 0 Å². The fourth-order valence-electron chi connectivity index (χ4n) is 11.1. The first-order valence-corrected chi connectivity index (χ1v) is 32.5. The number of anilines is 6. The van der Waals surface area contributed by atoms with E-state index in [0.717, 1.165) is 34.1 Å². The minimum atomic E-state index is -1.54. The molecule has 0 spiro atoms. The predicted molar refractivity (Wildman–Crippen MR) is 321 cm³/mol. The van der Waals surface area contributed by atoms with Crippen LogP contribution in [0.15, 0.2) is 218 Å². The summed E-state index contributed by atoms with van der Waals surface area (Å²) in [5, 5.41) is 15.3. The average Bonchev–Trinajstić information content (AvgIpc) is 3.38. The van der Waals surface area contributed by atoms with Crippen LogP contribution in [0.4, 0.5) is 34.1 Å². The van der Waals surface area contributed by atoms with E-state index in [1.54, 1.807) is 0 Å². The van der Waals surface area contributed by atoms with Gasteiger partial charge in [-0.3, -0.25) is 0 Å². The van der Waals surface area contributed by atoms with Gasteiger partial charge in [0, 0.05) is 34.1 Å². The number of aryl methyl sites for hydroxylation is 2. The summed E-state index contributed by atoms with van der Waals surface area (Å²) in [4.78, 5) is 4.94. The summed E-state index contributed by atoms with van der Waals surface area (Å²) in [6.07, 6.45) is 0. The second-order valence-electron chi connectivity index (χ2n) is 22.0. The smallest absolute Gasteiger partial charge is 0.0775 e. The minimum Gasteiger partial charge on any atom is -0.310 e. The molecule has 72 heavy (non-hydrogen) atoms. The van der Waals surface area contributed by atoms with Gasteiger partial charge in [-0.1, -0.05) is 194 Å². The van der Waals surface area contributed by atoms with Crippen LogP contribution in [-0.2, 0) is 0 Å². The van der Waals surface area contributed by atoms with Crippen LogP contribution in [0.2, 0.25) is 39.3 Å². The van der Waals surface area contributed by atoms with E-state index in [-0.39, 0.29) is 0 Å². The summed E-state index contributed by atoms with van der Waals surface area (Å²) >= 11 is 0. The van der Waals surface area contributed by atoms with E-state index < -0.39 is 16.1 Å². The lowest BCUT2D eigenvalue weighted by molar-refractivity contribution is 1.28. The van der Waals surface area contributed by atoms with Crippen LogP contribution in [0.1, 0.15) is 11.1 Å². The molecule has 12 rings (SSSR count). The van der Waals surface area contributed by atoms with Crippen LogP contribution in [0.5, 0.6) is 0 Å². The Labute approximate surface area is 426 Å². The fourth-order valence-corrected chi connectivity index (χ4v) is 13.4. The molecule has 4 heteroatoms. The van der Waals surface area contributed by atoms with Crippen LogP contribution in [0.3, 0.4) is 0 Å². The van der Waals surface area contributed by atoms with Gasteiger partial charge >= 0.3 is 0 Å². The molecule has 2 nitrogen and oxygen atoms in total. The van der Waals surface area contributed by atoms with Crippen molar-refractivity contribution in [3.05, 3.63) is 230 Å². The van der Waals surface area contributed by atoms with Crippen LogP contribution in [0.25, 0.3) is 76.1 Å². The van der Waals surface area contributed by atoms with E-state index in [1.165, 1.54) is 97.6 Å². The maximum absolute atomic E-state index is 2.51. The predicted octanol–water partition coefficient (Wildman–Crippen LogP) is 18.9. The van der Waals surface area contributed by atoms with Crippen LogP contribution in [-0.4, -0.2) is 16.1 Å². The summed E-state index contributed by atoms with van der Waals surface area (Å²) < 4.78 is 0. The van der Waals surface area contributed by atoms with Gasteiger partial charge < -0.3 is 9.80 Å². The molecule has 0 heterocycles. The molecule has 0 amide bonds. The van der Waals surface area contributed by atoms with Gasteiger partial charge in [0.15, 0.2) is 0 Å². The molecule has 0 saturated carbocycles. The Hall–Kier alpha value is -7.77. The Morgan fingerprint density at radius 1 is 0.264 bits per heavy atom. The molecule has 12 aromatic rings. The molecule has 0 aliphatic rings. The highest BCUT2D eigenvalue weighted by atomic mass is 28.3. The quantitative estimate of drug-likeness (QED) is 0.0995. The van der Waals surface area contributed by atoms with E-state index in [1.807, 2.05) is 0 Å². The van der Waals surface area contributed by atoms with E-state index in [0.29, 0.717) is 0 Å². The molecule has 0 fully saturated rings. The first kappa shape index (κ1) is 45.4. The van der Waals surface area contributed by atoms with Crippen molar-refractivity contribution >= 4 is 115 Å². The summed E-state index contributed by atoms with van der Waals surface area (Å²) in [6.45, 7) is 18.9. The Morgan fingerprint density at radius 3 is 0.958 bits per heavy atom.